The van der Waals surface area contributed by atoms with Crippen LogP contribution in [0.1, 0.15) is 0 Å². The molecule has 4 fully saturated rings. The molecular weight excluding hydrogens is 587 g/mol. The summed E-state index contributed by atoms with van der Waals surface area (Å²) in [5, 5.41) is 43.3. The highest BCUT2D eigenvalue weighted by Gasteiger charge is 3.03. The number of hydrogen-bond acceptors (Lipinski definition) is 22. The van der Waals surface area contributed by atoms with Crippen molar-refractivity contribution in [2.45, 2.75) is 29.2 Å². The largest absolute Gasteiger partial charge is 0.634 e. The zero-order valence-electron chi connectivity index (χ0n) is 16.5. The van der Waals surface area contributed by atoms with Crippen LogP contribution in [0.15, 0.2) is 4.79 Å². The number of phosphoric ester groups is 2. The Labute approximate surface area is 196 Å². The molecule has 8 unspecified atom stereocenters. The van der Waals surface area contributed by atoms with Crippen LogP contribution in [-0.2, 0) is 61.1 Å². The molecule has 9 rings (SSSR count). The fourth-order valence-corrected chi connectivity index (χ4v) is 9.15. The first-order chi connectivity index (χ1) is 17.2. The van der Waals surface area contributed by atoms with Gasteiger partial charge in [0.05, 0.1) is 0 Å². The second kappa shape index (κ2) is 5.35. The van der Waals surface area contributed by atoms with E-state index in [0.717, 1.165) is 0 Å². The van der Waals surface area contributed by atoms with E-state index in [9.17, 15) is 39.1 Å². The number of rotatable bonds is 1. The van der Waals surface area contributed by atoms with Gasteiger partial charge >= 0.3 is 64.3 Å². The lowest BCUT2D eigenvalue weighted by Gasteiger charge is -2.40. The fourth-order valence-electron chi connectivity index (χ4n) is 4.82. The van der Waals surface area contributed by atoms with Crippen molar-refractivity contribution >= 4 is 40.6 Å². The summed E-state index contributed by atoms with van der Waals surface area (Å²) in [6.45, 7) is 0. The number of aromatic nitrogens is 4. The van der Waals surface area contributed by atoms with Crippen LogP contribution in [0.25, 0.3) is 11.2 Å². The van der Waals surface area contributed by atoms with Crippen LogP contribution in [0.5, 0.6) is 6.01 Å². The Morgan fingerprint density at radius 3 is 2.35 bits per heavy atom. The van der Waals surface area contributed by atoms with Crippen LogP contribution in [0.4, 0.5) is 5.95 Å². The van der Waals surface area contributed by atoms with Crippen molar-refractivity contribution < 1.29 is 84.9 Å². The van der Waals surface area contributed by atoms with Crippen LogP contribution in [0.2, 0.25) is 0 Å². The molecule has 198 valence electrons. The lowest BCUT2D eigenvalue weighted by Crippen LogP contribution is -2.72. The summed E-state index contributed by atoms with van der Waals surface area (Å²) in [5.74, 6) is -19.3. The van der Waals surface area contributed by atoms with Crippen LogP contribution < -0.4 is 19.9 Å². The van der Waals surface area contributed by atoms with Gasteiger partial charge in [0.25, 0.3) is 5.95 Å². The van der Waals surface area contributed by atoms with Gasteiger partial charge in [-0.15, -0.1) is 14.0 Å². The SMILES string of the molecule is O=c1nc2n3c4c1nc1n4C45OC67OP(=O)(OC6(O)OO)OC7(O)C4(O)OP(=O)(ON2OP(=O)(O1)O3)O5. The van der Waals surface area contributed by atoms with Crippen molar-refractivity contribution in [3.63, 3.8) is 0 Å². The molecule has 7 aliphatic heterocycles. The van der Waals surface area contributed by atoms with E-state index in [1.165, 1.54) is 0 Å². The Kier molecular flexibility index (Phi) is 3.15. The predicted molar refractivity (Wildman–Crippen MR) is 92.2 cm³/mol. The lowest BCUT2D eigenvalue weighted by atomic mass is 9.95. The molecule has 0 amide bonds. The van der Waals surface area contributed by atoms with Gasteiger partial charge in [0.1, 0.15) is 0 Å². The summed E-state index contributed by atoms with van der Waals surface area (Å²) >= 11 is 0. The highest BCUT2D eigenvalue weighted by Crippen LogP contribution is 2.86. The molecule has 0 aromatic carbocycles. The molecule has 27 heteroatoms. The summed E-state index contributed by atoms with van der Waals surface area (Å²) in [4.78, 5) is 23.9. The molecule has 0 saturated carbocycles. The van der Waals surface area contributed by atoms with Crippen LogP contribution in [-0.4, -0.2) is 63.2 Å². The zero-order valence-corrected chi connectivity index (χ0v) is 19.2. The number of aliphatic hydroxyl groups is 3. The van der Waals surface area contributed by atoms with Crippen molar-refractivity contribution in [2.75, 3.05) is 5.23 Å². The molecule has 0 radical (unpaired) electrons. The highest BCUT2D eigenvalue weighted by atomic mass is 31.2. The fraction of sp³-hybridized carbons (Fsp3) is 0.500. The van der Waals surface area contributed by atoms with Crippen LogP contribution in [0.3, 0.4) is 0 Å². The van der Waals surface area contributed by atoms with Gasteiger partial charge in [-0.05, 0) is 0 Å². The number of imidazole rings is 1. The molecule has 9 heterocycles. The Bertz CT molecular complexity index is 1760. The molecule has 2 aromatic heterocycles. The van der Waals surface area contributed by atoms with Gasteiger partial charge in [0.2, 0.25) is 0 Å². The Morgan fingerprint density at radius 2 is 1.59 bits per heavy atom. The van der Waals surface area contributed by atoms with Crippen molar-refractivity contribution in [1.82, 2.24) is 19.3 Å². The first-order valence-corrected chi connectivity index (χ1v) is 13.8. The third-order valence-electron chi connectivity index (χ3n) is 6.14. The number of phosphoric acid groups is 3. The van der Waals surface area contributed by atoms with Crippen molar-refractivity contribution in [1.29, 1.82) is 0 Å². The van der Waals surface area contributed by atoms with Gasteiger partial charge in [0, 0.05) is 0 Å². The van der Waals surface area contributed by atoms with E-state index < -0.39 is 81.4 Å². The van der Waals surface area contributed by atoms with E-state index in [-0.39, 0.29) is 5.23 Å². The summed E-state index contributed by atoms with van der Waals surface area (Å²) in [6, 6.07) is -1.02. The lowest BCUT2D eigenvalue weighted by molar-refractivity contribution is -0.547. The third kappa shape index (κ3) is 1.90. The molecule has 11 bridgehead atoms. The summed E-state index contributed by atoms with van der Waals surface area (Å²) < 4.78 is 90.6. The summed E-state index contributed by atoms with van der Waals surface area (Å²) in [7, 11) is -15.4. The van der Waals surface area contributed by atoms with Crippen molar-refractivity contribution in [2.24, 2.45) is 0 Å². The third-order valence-corrected chi connectivity index (χ3v) is 9.98. The molecule has 24 nitrogen and oxygen atoms in total. The summed E-state index contributed by atoms with van der Waals surface area (Å²) in [5.41, 5.74) is -2.52. The normalized spacial score (nSPS) is 53.2. The number of fused-ring (bicyclic) bond motifs is 4. The van der Waals surface area contributed by atoms with Gasteiger partial charge in [-0.25, -0.2) is 46.1 Å². The second-order valence-electron chi connectivity index (χ2n) is 8.07. The topological polar surface area (TPSA) is 290 Å². The number of nitrogens with zero attached hydrogens (tertiary/aromatic N) is 5. The van der Waals surface area contributed by atoms with Gasteiger partial charge in [-0.1, -0.05) is 5.23 Å². The number of ether oxygens (including phenoxy) is 1. The van der Waals surface area contributed by atoms with Crippen LogP contribution in [0, 0.1) is 0 Å². The first kappa shape index (κ1) is 21.8. The van der Waals surface area contributed by atoms with E-state index in [2.05, 4.69) is 19.4 Å². The molecule has 4 saturated heterocycles. The Hall–Kier alpha value is -2.08. The second-order valence-corrected chi connectivity index (χ2v) is 12.3. The quantitative estimate of drug-likeness (QED) is 0.114. The Balaban J connectivity index is 1.46. The maximum absolute atomic E-state index is 13.6. The van der Waals surface area contributed by atoms with E-state index >= 15 is 0 Å². The molecule has 2 aromatic rings. The maximum Gasteiger partial charge on any atom is 0.634 e. The smallest absolute Gasteiger partial charge is 0.358 e. The summed E-state index contributed by atoms with van der Waals surface area (Å²) in [6.07, 6.45) is 0. The average molecular weight is 591 g/mol. The minimum atomic E-state index is -5.42. The molecular formula is C10H4N5O19P3. The van der Waals surface area contributed by atoms with E-state index in [1.54, 1.807) is 0 Å². The highest BCUT2D eigenvalue weighted by molar-refractivity contribution is 7.50. The monoisotopic (exact) mass is 591 g/mol. The average Bonchev–Trinajstić information content (AvgIpc) is 3.41. The number of hydrogen-bond donors (Lipinski definition) is 4. The first-order valence-electron chi connectivity index (χ1n) is 9.37. The van der Waals surface area contributed by atoms with Crippen molar-refractivity contribution in [3.8, 4) is 6.01 Å². The van der Waals surface area contributed by atoms with Gasteiger partial charge in [-0.3, -0.25) is 14.2 Å². The molecule has 2 spiro atoms. The minimum Gasteiger partial charge on any atom is -0.358 e. The van der Waals surface area contributed by atoms with Crippen LogP contribution >= 0.6 is 23.5 Å². The predicted octanol–water partition coefficient (Wildman–Crippen LogP) is -2.59. The minimum absolute atomic E-state index is 0.0219. The molecule has 37 heavy (non-hydrogen) atoms. The van der Waals surface area contributed by atoms with Gasteiger partial charge in [0.15, 0.2) is 11.2 Å². The van der Waals surface area contributed by atoms with E-state index in [0.29, 0.717) is 9.30 Å². The molecule has 8 atom stereocenters. The molecule has 4 N–H and O–H groups in total. The number of anilines is 1. The van der Waals surface area contributed by atoms with Crippen molar-refractivity contribution in [3.05, 3.63) is 10.4 Å². The molecule has 7 aliphatic rings. The van der Waals surface area contributed by atoms with E-state index in [4.69, 9.17) is 41.2 Å². The van der Waals surface area contributed by atoms with Gasteiger partial charge in [-0.2, -0.15) is 14.9 Å². The molecule has 0 aliphatic carbocycles. The maximum atomic E-state index is 13.6. The van der Waals surface area contributed by atoms with Gasteiger partial charge < -0.3 is 19.8 Å². The standard InChI is InChI=1S/C10H4N5O19P3/c16-2-1-3-13-5(11-1)24-35(21)32-14(3)4(12-2)15(33-35)34-37(23)28-7(18)6(17)8(25-9(7,13)30-37)10(19,26-20)31-36(22,27-6)29-8/h17-20H. The zero-order chi connectivity index (χ0) is 25.8. The Morgan fingerprint density at radius 1 is 0.865 bits per heavy atom. The van der Waals surface area contributed by atoms with E-state index in [1.807, 2.05) is 0 Å².